The third kappa shape index (κ3) is 2.59. The molecule has 108 valence electrons. The largest absolute Gasteiger partial charge is 0.323 e. The second kappa shape index (κ2) is 5.20. The maximum atomic E-state index is 13.3. The highest BCUT2D eigenvalue weighted by molar-refractivity contribution is 6.29. The SMILES string of the molecule is O=C(Nc1cnc(Cl)c(F)c1)N1CC2(CCCCC2)C1. The number of carbonyl (C=O) groups excluding carboxylic acids is 1. The molecule has 0 bridgehead atoms. The van der Waals surface area contributed by atoms with E-state index in [1.54, 1.807) is 4.90 Å². The van der Waals surface area contributed by atoms with Crippen molar-refractivity contribution >= 4 is 23.3 Å². The van der Waals surface area contributed by atoms with Crippen molar-refractivity contribution in [1.29, 1.82) is 0 Å². The van der Waals surface area contributed by atoms with Crippen LogP contribution in [0.5, 0.6) is 0 Å². The van der Waals surface area contributed by atoms with Crippen molar-refractivity contribution in [2.75, 3.05) is 18.4 Å². The van der Waals surface area contributed by atoms with Gasteiger partial charge in [0, 0.05) is 24.6 Å². The monoisotopic (exact) mass is 297 g/mol. The second-order valence-corrected chi connectivity index (χ2v) is 6.20. The Kier molecular flexibility index (Phi) is 3.54. The van der Waals surface area contributed by atoms with Gasteiger partial charge >= 0.3 is 6.03 Å². The maximum Gasteiger partial charge on any atom is 0.321 e. The highest BCUT2D eigenvalue weighted by atomic mass is 35.5. The zero-order valence-corrected chi connectivity index (χ0v) is 11.9. The normalized spacial score (nSPS) is 20.6. The van der Waals surface area contributed by atoms with E-state index in [0.29, 0.717) is 11.1 Å². The van der Waals surface area contributed by atoms with E-state index in [9.17, 15) is 9.18 Å². The van der Waals surface area contributed by atoms with Crippen LogP contribution in [0.4, 0.5) is 14.9 Å². The van der Waals surface area contributed by atoms with Gasteiger partial charge in [-0.3, -0.25) is 0 Å². The summed E-state index contributed by atoms with van der Waals surface area (Å²) in [6.07, 6.45) is 7.63. The summed E-state index contributed by atoms with van der Waals surface area (Å²) >= 11 is 5.51. The average molecular weight is 298 g/mol. The number of anilines is 1. The summed E-state index contributed by atoms with van der Waals surface area (Å²) in [4.78, 5) is 17.5. The van der Waals surface area contributed by atoms with E-state index in [1.807, 2.05) is 0 Å². The Bertz CT molecular complexity index is 523. The lowest BCUT2D eigenvalue weighted by Crippen LogP contribution is -2.60. The van der Waals surface area contributed by atoms with Gasteiger partial charge in [-0.15, -0.1) is 0 Å². The molecule has 20 heavy (non-hydrogen) atoms. The molecular formula is C14H17ClFN3O. The van der Waals surface area contributed by atoms with Gasteiger partial charge in [-0.2, -0.15) is 0 Å². The quantitative estimate of drug-likeness (QED) is 0.804. The van der Waals surface area contributed by atoms with Crippen LogP contribution < -0.4 is 5.32 Å². The first-order valence-corrected chi connectivity index (χ1v) is 7.33. The van der Waals surface area contributed by atoms with Gasteiger partial charge in [-0.1, -0.05) is 30.9 Å². The average Bonchev–Trinajstić information content (AvgIpc) is 2.41. The Morgan fingerprint density at radius 3 is 2.70 bits per heavy atom. The fraction of sp³-hybridized carbons (Fsp3) is 0.571. The topological polar surface area (TPSA) is 45.2 Å². The van der Waals surface area contributed by atoms with E-state index in [2.05, 4.69) is 10.3 Å². The van der Waals surface area contributed by atoms with E-state index >= 15 is 0 Å². The van der Waals surface area contributed by atoms with Gasteiger partial charge in [-0.05, 0) is 12.8 Å². The molecule has 1 saturated carbocycles. The fourth-order valence-electron chi connectivity index (χ4n) is 3.22. The first-order chi connectivity index (χ1) is 9.58. The molecule has 1 aromatic heterocycles. The Morgan fingerprint density at radius 2 is 2.05 bits per heavy atom. The van der Waals surface area contributed by atoms with E-state index < -0.39 is 5.82 Å². The maximum absolute atomic E-state index is 13.3. The molecule has 6 heteroatoms. The molecular weight excluding hydrogens is 281 g/mol. The molecule has 2 heterocycles. The van der Waals surface area contributed by atoms with Gasteiger partial charge in [0.05, 0.1) is 11.9 Å². The molecule has 4 nitrogen and oxygen atoms in total. The van der Waals surface area contributed by atoms with Gasteiger partial charge in [0.2, 0.25) is 0 Å². The number of nitrogens with zero attached hydrogens (tertiary/aromatic N) is 2. The molecule has 1 N–H and O–H groups in total. The van der Waals surface area contributed by atoms with Crippen molar-refractivity contribution < 1.29 is 9.18 Å². The lowest BCUT2D eigenvalue weighted by Gasteiger charge is -2.52. The minimum Gasteiger partial charge on any atom is -0.323 e. The Morgan fingerprint density at radius 1 is 1.35 bits per heavy atom. The fourth-order valence-corrected chi connectivity index (χ4v) is 3.32. The zero-order valence-electron chi connectivity index (χ0n) is 11.2. The molecule has 1 saturated heterocycles. The summed E-state index contributed by atoms with van der Waals surface area (Å²) in [6.45, 7) is 1.62. The predicted octanol–water partition coefficient (Wildman–Crippen LogP) is 3.67. The number of likely N-dealkylation sites (tertiary alicyclic amines) is 1. The van der Waals surface area contributed by atoms with Gasteiger partial charge in [0.25, 0.3) is 0 Å². The first-order valence-electron chi connectivity index (χ1n) is 6.95. The van der Waals surface area contributed by atoms with E-state index in [1.165, 1.54) is 44.4 Å². The first kappa shape index (κ1) is 13.6. The van der Waals surface area contributed by atoms with Crippen molar-refractivity contribution in [1.82, 2.24) is 9.88 Å². The highest BCUT2D eigenvalue weighted by Crippen LogP contribution is 2.43. The lowest BCUT2D eigenvalue weighted by atomic mass is 9.69. The standard InChI is InChI=1S/C14H17ClFN3O/c15-12-11(16)6-10(7-17-12)18-13(20)19-8-14(9-19)4-2-1-3-5-14/h6-7H,1-5,8-9H2,(H,18,20). The number of halogens is 2. The second-order valence-electron chi connectivity index (χ2n) is 5.84. The Balaban J connectivity index is 1.57. The summed E-state index contributed by atoms with van der Waals surface area (Å²) in [5.74, 6) is -0.628. The molecule has 1 spiro atoms. The molecule has 0 aromatic carbocycles. The molecule has 0 radical (unpaired) electrons. The summed E-state index contributed by atoms with van der Waals surface area (Å²) in [7, 11) is 0. The molecule has 0 unspecified atom stereocenters. The third-order valence-corrected chi connectivity index (χ3v) is 4.58. The van der Waals surface area contributed by atoms with Gasteiger partial charge in [0.15, 0.2) is 11.0 Å². The number of carbonyl (C=O) groups is 1. The van der Waals surface area contributed by atoms with Crippen molar-refractivity contribution in [2.24, 2.45) is 5.41 Å². The lowest BCUT2D eigenvalue weighted by molar-refractivity contribution is 0.00515. The highest BCUT2D eigenvalue weighted by Gasteiger charge is 2.45. The minimum atomic E-state index is -0.628. The summed E-state index contributed by atoms with van der Waals surface area (Å²) < 4.78 is 13.3. The van der Waals surface area contributed by atoms with Crippen molar-refractivity contribution in [2.45, 2.75) is 32.1 Å². The number of nitrogens with one attached hydrogen (secondary N) is 1. The summed E-state index contributed by atoms with van der Waals surface area (Å²) in [5, 5.41) is 2.47. The molecule has 1 aromatic rings. The van der Waals surface area contributed by atoms with Crippen molar-refractivity contribution in [3.05, 3.63) is 23.2 Å². The summed E-state index contributed by atoms with van der Waals surface area (Å²) in [6, 6.07) is 0.994. The van der Waals surface area contributed by atoms with E-state index in [-0.39, 0.29) is 11.2 Å². The van der Waals surface area contributed by atoms with Crippen molar-refractivity contribution in [3.63, 3.8) is 0 Å². The summed E-state index contributed by atoms with van der Waals surface area (Å²) in [5.41, 5.74) is 0.681. The van der Waals surface area contributed by atoms with Crippen LogP contribution >= 0.6 is 11.6 Å². The zero-order chi connectivity index (χ0) is 14.2. The molecule has 2 amide bonds. The predicted molar refractivity (Wildman–Crippen MR) is 75.3 cm³/mol. The van der Waals surface area contributed by atoms with Gasteiger partial charge in [-0.25, -0.2) is 14.2 Å². The third-order valence-electron chi connectivity index (χ3n) is 4.30. The van der Waals surface area contributed by atoms with Crippen LogP contribution in [0.15, 0.2) is 12.3 Å². The number of aromatic nitrogens is 1. The van der Waals surface area contributed by atoms with Crippen LogP contribution in [0.2, 0.25) is 5.15 Å². The molecule has 2 fully saturated rings. The Hall–Kier alpha value is -1.36. The van der Waals surface area contributed by atoms with E-state index in [4.69, 9.17) is 11.6 Å². The van der Waals surface area contributed by atoms with Crippen LogP contribution in [0, 0.1) is 11.2 Å². The number of amides is 2. The number of rotatable bonds is 1. The number of hydrogen-bond acceptors (Lipinski definition) is 2. The van der Waals surface area contributed by atoms with Crippen LogP contribution in [-0.4, -0.2) is 29.0 Å². The smallest absolute Gasteiger partial charge is 0.321 e. The number of hydrogen-bond donors (Lipinski definition) is 1. The van der Waals surface area contributed by atoms with Crippen LogP contribution in [-0.2, 0) is 0 Å². The Labute approximate surface area is 122 Å². The van der Waals surface area contributed by atoms with Gasteiger partial charge < -0.3 is 10.2 Å². The molecule has 1 aliphatic heterocycles. The molecule has 0 atom stereocenters. The molecule has 2 aliphatic rings. The van der Waals surface area contributed by atoms with Crippen LogP contribution in [0.3, 0.4) is 0 Å². The van der Waals surface area contributed by atoms with E-state index in [0.717, 1.165) is 13.1 Å². The number of pyridine rings is 1. The van der Waals surface area contributed by atoms with Gasteiger partial charge in [0.1, 0.15) is 0 Å². The molecule has 3 rings (SSSR count). The van der Waals surface area contributed by atoms with Crippen LogP contribution in [0.1, 0.15) is 32.1 Å². The number of urea groups is 1. The minimum absolute atomic E-state index is 0.187. The van der Waals surface area contributed by atoms with Crippen molar-refractivity contribution in [3.8, 4) is 0 Å². The molecule has 1 aliphatic carbocycles. The van der Waals surface area contributed by atoms with Crippen LogP contribution in [0.25, 0.3) is 0 Å².